The van der Waals surface area contributed by atoms with Crippen molar-refractivity contribution in [2.24, 2.45) is 0 Å². The molecule has 0 bridgehead atoms. The molecular formula is C21H24N2O2. The first-order valence-electron chi connectivity index (χ1n) is 8.53. The third-order valence-corrected chi connectivity index (χ3v) is 3.65. The third-order valence-electron chi connectivity index (χ3n) is 3.65. The molecule has 2 aromatic rings. The van der Waals surface area contributed by atoms with Gasteiger partial charge in [0.05, 0.1) is 6.61 Å². The van der Waals surface area contributed by atoms with Crippen LogP contribution in [0.5, 0.6) is 5.88 Å². The van der Waals surface area contributed by atoms with Crippen molar-refractivity contribution in [3.05, 3.63) is 59.3 Å². The molecule has 1 amide bonds. The Kier molecular flexibility index (Phi) is 7.03. The van der Waals surface area contributed by atoms with Crippen LogP contribution in [0.1, 0.15) is 43.9 Å². The van der Waals surface area contributed by atoms with Gasteiger partial charge in [0.15, 0.2) is 0 Å². The quantitative estimate of drug-likeness (QED) is 0.823. The summed E-state index contributed by atoms with van der Waals surface area (Å²) in [4.78, 5) is 15.2. The van der Waals surface area contributed by atoms with Crippen LogP contribution in [0.4, 0.5) is 0 Å². The molecule has 0 fully saturated rings. The number of rotatable bonds is 6. The lowest BCUT2D eigenvalue weighted by molar-refractivity contribution is -0.119. The van der Waals surface area contributed by atoms with Gasteiger partial charge in [-0.25, -0.2) is 4.98 Å². The topological polar surface area (TPSA) is 51.2 Å². The molecule has 4 heteroatoms. The van der Waals surface area contributed by atoms with E-state index in [1.165, 1.54) is 5.56 Å². The van der Waals surface area contributed by atoms with Crippen LogP contribution in [0.2, 0.25) is 0 Å². The minimum absolute atomic E-state index is 0.0156. The maximum atomic E-state index is 11.0. The van der Waals surface area contributed by atoms with Gasteiger partial charge >= 0.3 is 0 Å². The van der Waals surface area contributed by atoms with Crippen molar-refractivity contribution in [3.8, 4) is 17.7 Å². The standard InChI is InChI=1S/C21H24N2O2/c1-4-25-21-14-13-20(15-22-21)12-11-19-9-7-18(8-10-19)6-5-16(2)23-17(3)24/h7-10,13-16H,4-6H2,1-3H3,(H,23,24). The van der Waals surface area contributed by atoms with E-state index < -0.39 is 0 Å². The Morgan fingerprint density at radius 3 is 2.44 bits per heavy atom. The average molecular weight is 336 g/mol. The molecule has 4 nitrogen and oxygen atoms in total. The number of nitrogens with one attached hydrogen (secondary N) is 1. The van der Waals surface area contributed by atoms with Crippen LogP contribution in [-0.4, -0.2) is 23.5 Å². The number of amides is 1. The van der Waals surface area contributed by atoms with Gasteiger partial charge in [0.25, 0.3) is 0 Å². The van der Waals surface area contributed by atoms with Gasteiger partial charge in [-0.1, -0.05) is 24.0 Å². The molecule has 130 valence electrons. The van der Waals surface area contributed by atoms with Gasteiger partial charge in [-0.3, -0.25) is 4.79 Å². The average Bonchev–Trinajstić information content (AvgIpc) is 2.60. The first-order valence-corrected chi connectivity index (χ1v) is 8.53. The van der Waals surface area contributed by atoms with Crippen LogP contribution in [0.3, 0.4) is 0 Å². The lowest BCUT2D eigenvalue weighted by Crippen LogP contribution is -2.30. The fourth-order valence-electron chi connectivity index (χ4n) is 2.39. The Hall–Kier alpha value is -2.80. The highest BCUT2D eigenvalue weighted by molar-refractivity contribution is 5.73. The minimum atomic E-state index is 0.0156. The van der Waals surface area contributed by atoms with E-state index in [1.54, 1.807) is 13.1 Å². The van der Waals surface area contributed by atoms with Crippen LogP contribution in [-0.2, 0) is 11.2 Å². The Morgan fingerprint density at radius 1 is 1.16 bits per heavy atom. The zero-order chi connectivity index (χ0) is 18.1. The van der Waals surface area contributed by atoms with Gasteiger partial charge in [0.1, 0.15) is 0 Å². The maximum absolute atomic E-state index is 11.0. The summed E-state index contributed by atoms with van der Waals surface area (Å²) in [6, 6.07) is 12.1. The number of aromatic nitrogens is 1. The predicted molar refractivity (Wildman–Crippen MR) is 99.4 cm³/mol. The van der Waals surface area contributed by atoms with Crippen LogP contribution in [0.15, 0.2) is 42.6 Å². The lowest BCUT2D eigenvalue weighted by Gasteiger charge is -2.11. The number of hydrogen-bond acceptors (Lipinski definition) is 3. The molecule has 2 rings (SSSR count). The molecule has 0 aliphatic rings. The summed E-state index contributed by atoms with van der Waals surface area (Å²) >= 11 is 0. The van der Waals surface area contributed by atoms with Crippen LogP contribution < -0.4 is 10.1 Å². The molecule has 25 heavy (non-hydrogen) atoms. The first kappa shape index (κ1) is 18.5. The second-order valence-electron chi connectivity index (χ2n) is 5.91. The van der Waals surface area contributed by atoms with Crippen molar-refractivity contribution >= 4 is 5.91 Å². The summed E-state index contributed by atoms with van der Waals surface area (Å²) in [5.74, 6) is 6.88. The summed E-state index contributed by atoms with van der Waals surface area (Å²) in [6.07, 6.45) is 3.57. The second kappa shape index (κ2) is 9.48. The highest BCUT2D eigenvalue weighted by Crippen LogP contribution is 2.09. The number of carbonyl (C=O) groups is 1. The van der Waals surface area contributed by atoms with E-state index in [0.29, 0.717) is 12.5 Å². The molecule has 0 spiro atoms. The van der Waals surface area contributed by atoms with E-state index in [1.807, 2.05) is 38.1 Å². The van der Waals surface area contributed by atoms with E-state index in [-0.39, 0.29) is 11.9 Å². The smallest absolute Gasteiger partial charge is 0.217 e. The first-order chi connectivity index (χ1) is 12.1. The number of benzene rings is 1. The summed E-state index contributed by atoms with van der Waals surface area (Å²) in [7, 11) is 0. The largest absolute Gasteiger partial charge is 0.478 e. The molecule has 1 heterocycles. The number of pyridine rings is 1. The lowest BCUT2D eigenvalue weighted by atomic mass is 10.0. The molecule has 0 aliphatic carbocycles. The second-order valence-corrected chi connectivity index (χ2v) is 5.91. The summed E-state index contributed by atoms with van der Waals surface area (Å²) < 4.78 is 5.32. The summed E-state index contributed by atoms with van der Waals surface area (Å²) in [5, 5.41) is 2.90. The molecule has 0 radical (unpaired) electrons. The molecule has 1 aromatic carbocycles. The number of hydrogen-bond donors (Lipinski definition) is 1. The summed E-state index contributed by atoms with van der Waals surface area (Å²) in [5.41, 5.74) is 3.06. The summed E-state index contributed by atoms with van der Waals surface area (Å²) in [6.45, 7) is 6.10. The van der Waals surface area contributed by atoms with Gasteiger partial charge in [-0.15, -0.1) is 0 Å². The number of aryl methyl sites for hydroxylation is 1. The molecule has 1 unspecified atom stereocenters. The molecule has 0 saturated heterocycles. The van der Waals surface area contributed by atoms with Crippen molar-refractivity contribution in [1.82, 2.24) is 10.3 Å². The SMILES string of the molecule is CCOc1ccc(C#Cc2ccc(CCC(C)NC(C)=O)cc2)cn1. The minimum Gasteiger partial charge on any atom is -0.478 e. The van der Waals surface area contributed by atoms with Crippen molar-refractivity contribution in [3.63, 3.8) is 0 Å². The van der Waals surface area contributed by atoms with Gasteiger partial charge in [0, 0.05) is 36.4 Å². The fraction of sp³-hybridized carbons (Fsp3) is 0.333. The van der Waals surface area contributed by atoms with Crippen LogP contribution in [0.25, 0.3) is 0 Å². The van der Waals surface area contributed by atoms with Crippen molar-refractivity contribution in [1.29, 1.82) is 0 Å². The third kappa shape index (κ3) is 6.68. The zero-order valence-electron chi connectivity index (χ0n) is 15.0. The van der Waals surface area contributed by atoms with E-state index >= 15 is 0 Å². The number of nitrogens with zero attached hydrogens (tertiary/aromatic N) is 1. The zero-order valence-corrected chi connectivity index (χ0v) is 15.0. The van der Waals surface area contributed by atoms with Crippen LogP contribution in [0, 0.1) is 11.8 Å². The normalized spacial score (nSPS) is 11.2. The van der Waals surface area contributed by atoms with E-state index in [4.69, 9.17) is 4.74 Å². The van der Waals surface area contributed by atoms with Gasteiger partial charge in [-0.05, 0) is 50.5 Å². The Labute approximate surface area is 149 Å². The molecule has 1 aromatic heterocycles. The van der Waals surface area contributed by atoms with Crippen molar-refractivity contribution < 1.29 is 9.53 Å². The van der Waals surface area contributed by atoms with Crippen LogP contribution >= 0.6 is 0 Å². The highest BCUT2D eigenvalue weighted by Gasteiger charge is 2.03. The number of ether oxygens (including phenoxy) is 1. The van der Waals surface area contributed by atoms with Crippen molar-refractivity contribution in [2.75, 3.05) is 6.61 Å². The van der Waals surface area contributed by atoms with Gasteiger partial charge < -0.3 is 10.1 Å². The molecule has 0 aliphatic heterocycles. The van der Waals surface area contributed by atoms with E-state index in [0.717, 1.165) is 24.0 Å². The van der Waals surface area contributed by atoms with Crippen molar-refractivity contribution in [2.45, 2.75) is 39.7 Å². The van der Waals surface area contributed by atoms with E-state index in [2.05, 4.69) is 34.3 Å². The maximum Gasteiger partial charge on any atom is 0.217 e. The van der Waals surface area contributed by atoms with Gasteiger partial charge in [-0.2, -0.15) is 0 Å². The molecular weight excluding hydrogens is 312 g/mol. The molecule has 1 atom stereocenters. The van der Waals surface area contributed by atoms with E-state index in [9.17, 15) is 4.79 Å². The fourth-order valence-corrected chi connectivity index (χ4v) is 2.39. The monoisotopic (exact) mass is 336 g/mol. The Balaban J connectivity index is 1.91. The Bertz CT molecular complexity index is 740. The highest BCUT2D eigenvalue weighted by atomic mass is 16.5. The predicted octanol–water partition coefficient (Wildman–Crippen LogP) is 3.34. The number of carbonyl (C=O) groups excluding carboxylic acids is 1. The molecule has 1 N–H and O–H groups in total. The molecule has 0 saturated carbocycles. The van der Waals surface area contributed by atoms with Gasteiger partial charge in [0.2, 0.25) is 11.8 Å². The Morgan fingerprint density at radius 2 is 1.84 bits per heavy atom.